The molecule has 0 unspecified atom stereocenters. The van der Waals surface area contributed by atoms with Gasteiger partial charge >= 0.3 is 5.97 Å². The van der Waals surface area contributed by atoms with Crippen molar-refractivity contribution < 1.29 is 9.53 Å². The van der Waals surface area contributed by atoms with E-state index in [1.54, 1.807) is 0 Å². The van der Waals surface area contributed by atoms with Crippen LogP contribution >= 0.6 is 0 Å². The predicted octanol–water partition coefficient (Wildman–Crippen LogP) is 3.31. The lowest BCUT2D eigenvalue weighted by Gasteiger charge is -2.26. The molecule has 0 radical (unpaired) electrons. The lowest BCUT2D eigenvalue weighted by Crippen LogP contribution is -2.23. The standard InChI is InChI=1S/C15H21NO2/c1-2-11-18-15(17)13-8-6-12(7-9-13)14-5-3-4-10-16-14/h3-5,10,12-13H,2,6-9,11H2,1H3. The molecular formula is C15H21NO2. The van der Waals surface area contributed by atoms with Gasteiger partial charge in [0.1, 0.15) is 0 Å². The molecule has 1 fully saturated rings. The molecule has 0 bridgehead atoms. The second-order valence-electron chi connectivity index (χ2n) is 4.97. The molecule has 1 heterocycles. The van der Waals surface area contributed by atoms with Gasteiger partial charge in [0.2, 0.25) is 0 Å². The van der Waals surface area contributed by atoms with E-state index in [4.69, 9.17) is 4.74 Å². The van der Waals surface area contributed by atoms with E-state index in [1.807, 2.05) is 25.3 Å². The van der Waals surface area contributed by atoms with E-state index in [0.29, 0.717) is 12.5 Å². The SMILES string of the molecule is CCCOC(=O)C1CCC(c2ccccn2)CC1. The van der Waals surface area contributed by atoms with Crippen LogP contribution in [0.5, 0.6) is 0 Å². The highest BCUT2D eigenvalue weighted by molar-refractivity contribution is 5.72. The van der Waals surface area contributed by atoms with Crippen molar-refractivity contribution in [3.8, 4) is 0 Å². The zero-order chi connectivity index (χ0) is 12.8. The van der Waals surface area contributed by atoms with Crippen molar-refractivity contribution in [3.05, 3.63) is 30.1 Å². The summed E-state index contributed by atoms with van der Waals surface area (Å²) in [4.78, 5) is 16.2. The summed E-state index contributed by atoms with van der Waals surface area (Å²) in [5.74, 6) is 0.620. The van der Waals surface area contributed by atoms with Crippen LogP contribution in [0.15, 0.2) is 24.4 Å². The predicted molar refractivity (Wildman–Crippen MR) is 70.2 cm³/mol. The molecule has 1 aliphatic rings. The van der Waals surface area contributed by atoms with E-state index < -0.39 is 0 Å². The lowest BCUT2D eigenvalue weighted by molar-refractivity contribution is -0.149. The Morgan fingerprint density at radius 1 is 1.33 bits per heavy atom. The maximum atomic E-state index is 11.8. The number of esters is 1. The Morgan fingerprint density at radius 3 is 2.72 bits per heavy atom. The van der Waals surface area contributed by atoms with Crippen molar-refractivity contribution in [1.82, 2.24) is 4.98 Å². The Morgan fingerprint density at radius 2 is 2.11 bits per heavy atom. The van der Waals surface area contributed by atoms with Gasteiger partial charge in [0, 0.05) is 17.8 Å². The van der Waals surface area contributed by atoms with Gasteiger partial charge in [-0.2, -0.15) is 0 Å². The van der Waals surface area contributed by atoms with Gasteiger partial charge in [0.15, 0.2) is 0 Å². The number of hydrogen-bond donors (Lipinski definition) is 0. The van der Waals surface area contributed by atoms with Crippen LogP contribution in [0.25, 0.3) is 0 Å². The number of aromatic nitrogens is 1. The normalized spacial score (nSPS) is 23.6. The Kier molecular flexibility index (Phi) is 4.73. The summed E-state index contributed by atoms with van der Waals surface area (Å²) < 4.78 is 5.22. The molecule has 1 aromatic heterocycles. The Bertz CT molecular complexity index is 369. The minimum atomic E-state index is -0.00341. The van der Waals surface area contributed by atoms with Crippen LogP contribution < -0.4 is 0 Å². The van der Waals surface area contributed by atoms with Crippen LogP contribution in [0.2, 0.25) is 0 Å². The maximum Gasteiger partial charge on any atom is 0.308 e. The van der Waals surface area contributed by atoms with Crippen LogP contribution in [0.4, 0.5) is 0 Å². The molecule has 3 nitrogen and oxygen atoms in total. The highest BCUT2D eigenvalue weighted by Gasteiger charge is 2.28. The molecule has 0 aromatic carbocycles. The molecule has 18 heavy (non-hydrogen) atoms. The van der Waals surface area contributed by atoms with Gasteiger partial charge in [-0.25, -0.2) is 0 Å². The van der Waals surface area contributed by atoms with Crippen molar-refractivity contribution in [3.63, 3.8) is 0 Å². The summed E-state index contributed by atoms with van der Waals surface area (Å²) in [5.41, 5.74) is 1.16. The smallest absolute Gasteiger partial charge is 0.308 e. The number of nitrogens with zero attached hydrogens (tertiary/aromatic N) is 1. The zero-order valence-corrected chi connectivity index (χ0v) is 11.0. The number of pyridine rings is 1. The first-order chi connectivity index (χ1) is 8.81. The van der Waals surface area contributed by atoms with E-state index in [0.717, 1.165) is 37.8 Å². The number of carbonyl (C=O) groups excluding carboxylic acids is 1. The van der Waals surface area contributed by atoms with E-state index >= 15 is 0 Å². The fourth-order valence-corrected chi connectivity index (χ4v) is 2.56. The largest absolute Gasteiger partial charge is 0.465 e. The van der Waals surface area contributed by atoms with E-state index in [-0.39, 0.29) is 11.9 Å². The molecule has 0 N–H and O–H groups in total. The molecule has 0 atom stereocenters. The molecule has 3 heteroatoms. The molecule has 1 aromatic rings. The summed E-state index contributed by atoms with van der Waals surface area (Å²) in [6.07, 6.45) is 6.70. The van der Waals surface area contributed by atoms with Crippen molar-refractivity contribution >= 4 is 5.97 Å². The van der Waals surface area contributed by atoms with E-state index in [1.165, 1.54) is 0 Å². The Labute approximate surface area is 109 Å². The first kappa shape index (κ1) is 13.1. The van der Waals surface area contributed by atoms with Gasteiger partial charge < -0.3 is 4.74 Å². The fraction of sp³-hybridized carbons (Fsp3) is 0.600. The van der Waals surface area contributed by atoms with Gasteiger partial charge in [-0.05, 0) is 44.2 Å². The van der Waals surface area contributed by atoms with E-state index in [9.17, 15) is 4.79 Å². The first-order valence-electron chi connectivity index (χ1n) is 6.88. The van der Waals surface area contributed by atoms with Crippen LogP contribution in [0.3, 0.4) is 0 Å². The Balaban J connectivity index is 1.83. The van der Waals surface area contributed by atoms with Gasteiger partial charge in [-0.15, -0.1) is 0 Å². The summed E-state index contributed by atoms with van der Waals surface area (Å²) >= 11 is 0. The lowest BCUT2D eigenvalue weighted by atomic mass is 9.80. The number of rotatable bonds is 4. The second-order valence-corrected chi connectivity index (χ2v) is 4.97. The highest BCUT2D eigenvalue weighted by atomic mass is 16.5. The average molecular weight is 247 g/mol. The summed E-state index contributed by atoms with van der Waals surface area (Å²) in [5, 5.41) is 0. The number of hydrogen-bond acceptors (Lipinski definition) is 3. The molecule has 2 rings (SSSR count). The minimum Gasteiger partial charge on any atom is -0.465 e. The molecule has 1 saturated carbocycles. The van der Waals surface area contributed by atoms with Gasteiger partial charge in [0.25, 0.3) is 0 Å². The van der Waals surface area contributed by atoms with Crippen molar-refractivity contribution in [1.29, 1.82) is 0 Å². The second kappa shape index (κ2) is 6.53. The Hall–Kier alpha value is -1.38. The third-order valence-corrected chi connectivity index (χ3v) is 3.62. The van der Waals surface area contributed by atoms with Crippen LogP contribution in [0, 0.1) is 5.92 Å². The summed E-state index contributed by atoms with van der Waals surface area (Å²) in [6, 6.07) is 6.06. The highest BCUT2D eigenvalue weighted by Crippen LogP contribution is 2.35. The number of carbonyl (C=O) groups is 1. The van der Waals surface area contributed by atoms with Crippen LogP contribution in [-0.2, 0) is 9.53 Å². The maximum absolute atomic E-state index is 11.8. The number of ether oxygens (including phenoxy) is 1. The summed E-state index contributed by atoms with van der Waals surface area (Å²) in [6.45, 7) is 2.57. The topological polar surface area (TPSA) is 39.2 Å². The third-order valence-electron chi connectivity index (χ3n) is 3.62. The first-order valence-corrected chi connectivity index (χ1v) is 6.88. The monoisotopic (exact) mass is 247 g/mol. The third kappa shape index (κ3) is 3.31. The van der Waals surface area contributed by atoms with Gasteiger partial charge in [-0.3, -0.25) is 9.78 Å². The van der Waals surface area contributed by atoms with Gasteiger partial charge in [-0.1, -0.05) is 13.0 Å². The molecular weight excluding hydrogens is 226 g/mol. The van der Waals surface area contributed by atoms with Crippen LogP contribution in [0.1, 0.15) is 50.6 Å². The minimum absolute atomic E-state index is 0.00341. The van der Waals surface area contributed by atoms with Crippen LogP contribution in [-0.4, -0.2) is 17.6 Å². The van der Waals surface area contributed by atoms with Crippen molar-refractivity contribution in [2.45, 2.75) is 44.9 Å². The van der Waals surface area contributed by atoms with E-state index in [2.05, 4.69) is 11.1 Å². The molecule has 0 aliphatic heterocycles. The molecule has 1 aliphatic carbocycles. The average Bonchev–Trinajstić information content (AvgIpc) is 2.46. The zero-order valence-electron chi connectivity index (χ0n) is 11.0. The molecule has 98 valence electrons. The summed E-state index contributed by atoms with van der Waals surface area (Å²) in [7, 11) is 0. The molecule has 0 amide bonds. The fourth-order valence-electron chi connectivity index (χ4n) is 2.56. The van der Waals surface area contributed by atoms with Crippen molar-refractivity contribution in [2.75, 3.05) is 6.61 Å². The molecule has 0 spiro atoms. The van der Waals surface area contributed by atoms with Gasteiger partial charge in [0.05, 0.1) is 12.5 Å². The van der Waals surface area contributed by atoms with Crippen molar-refractivity contribution in [2.24, 2.45) is 5.92 Å². The molecule has 0 saturated heterocycles. The quantitative estimate of drug-likeness (QED) is 0.766.